The van der Waals surface area contributed by atoms with E-state index in [0.29, 0.717) is 17.7 Å². The number of unbranched alkanes of at least 4 members (excludes halogenated alkanes) is 2. The van der Waals surface area contributed by atoms with E-state index in [2.05, 4.69) is 6.92 Å². The van der Waals surface area contributed by atoms with Gasteiger partial charge in [0.05, 0.1) is 18.3 Å². The highest BCUT2D eigenvalue weighted by atomic mass is 16.5. The van der Waals surface area contributed by atoms with Crippen LogP contribution in [-0.2, 0) is 0 Å². The van der Waals surface area contributed by atoms with Crippen LogP contribution >= 0.6 is 0 Å². The molecule has 0 spiro atoms. The molecule has 0 aliphatic rings. The molecule has 5 nitrogen and oxygen atoms in total. The van der Waals surface area contributed by atoms with Crippen LogP contribution in [0, 0.1) is 0 Å². The largest absolute Gasteiger partial charge is 0.504 e. The Morgan fingerprint density at radius 3 is 2.86 bits per heavy atom. The maximum Gasteiger partial charge on any atom is 0.383 e. The zero-order chi connectivity index (χ0) is 15.9. The van der Waals surface area contributed by atoms with Gasteiger partial charge in [0.15, 0.2) is 5.75 Å². The van der Waals surface area contributed by atoms with Gasteiger partial charge in [-0.15, -0.1) is 0 Å². The molecule has 0 bridgehead atoms. The van der Waals surface area contributed by atoms with Gasteiger partial charge in [-0.05, 0) is 38.0 Å². The van der Waals surface area contributed by atoms with Gasteiger partial charge in [0.25, 0.3) is 5.75 Å². The Hall–Kier alpha value is -2.43. The summed E-state index contributed by atoms with van der Waals surface area (Å²) in [4.78, 5) is 11.9. The summed E-state index contributed by atoms with van der Waals surface area (Å²) in [6.45, 7) is 4.46. The molecule has 1 aromatic carbocycles. The van der Waals surface area contributed by atoms with Gasteiger partial charge in [0.2, 0.25) is 0 Å². The Kier molecular flexibility index (Phi) is 5.47. The minimum atomic E-state index is -0.723. The average Bonchev–Trinajstić information content (AvgIpc) is 2.50. The lowest BCUT2D eigenvalue weighted by atomic mass is 10.2. The summed E-state index contributed by atoms with van der Waals surface area (Å²) in [6.07, 6.45) is 6.19. The molecular weight excluding hydrogens is 284 g/mol. The first-order valence-corrected chi connectivity index (χ1v) is 7.41. The lowest BCUT2D eigenvalue weighted by molar-refractivity contribution is 0.339. The van der Waals surface area contributed by atoms with Crippen molar-refractivity contribution in [1.82, 2.24) is 0 Å². The molecule has 1 aromatic heterocycles. The second kappa shape index (κ2) is 7.54. The molecule has 1 heterocycles. The molecule has 0 aliphatic heterocycles. The molecule has 0 saturated heterocycles. The molecule has 0 radical (unpaired) electrons. The molecule has 1 N–H and O–H groups in total. The predicted molar refractivity (Wildman–Crippen MR) is 84.6 cm³/mol. The van der Waals surface area contributed by atoms with Gasteiger partial charge >= 0.3 is 5.63 Å². The zero-order valence-electron chi connectivity index (χ0n) is 12.8. The first-order chi connectivity index (χ1) is 10.7. The van der Waals surface area contributed by atoms with Gasteiger partial charge in [-0.25, -0.2) is 4.79 Å². The van der Waals surface area contributed by atoms with E-state index in [9.17, 15) is 9.90 Å². The second-order valence-corrected chi connectivity index (χ2v) is 4.79. The lowest BCUT2D eigenvalue weighted by Crippen LogP contribution is -2.04. The fourth-order valence-corrected chi connectivity index (χ4v) is 2.01. The van der Waals surface area contributed by atoms with Crippen LogP contribution < -0.4 is 15.1 Å². The normalized spacial score (nSPS) is 11.2. The predicted octanol–water partition coefficient (Wildman–Crippen LogP) is 3.98. The molecule has 22 heavy (non-hydrogen) atoms. The third-order valence-corrected chi connectivity index (χ3v) is 3.13. The van der Waals surface area contributed by atoms with Crippen LogP contribution in [0.5, 0.6) is 17.2 Å². The first-order valence-electron chi connectivity index (χ1n) is 7.41. The van der Waals surface area contributed by atoms with E-state index in [-0.39, 0.29) is 17.1 Å². The van der Waals surface area contributed by atoms with Crippen LogP contribution in [-0.4, -0.2) is 11.7 Å². The highest BCUT2D eigenvalue weighted by Crippen LogP contribution is 2.33. The number of ether oxygens (including phenoxy) is 2. The molecule has 5 heteroatoms. The van der Waals surface area contributed by atoms with E-state index in [1.807, 2.05) is 13.0 Å². The summed E-state index contributed by atoms with van der Waals surface area (Å²) in [6, 6.07) is 4.90. The number of rotatable bonds is 7. The molecular formula is C17H20O5. The summed E-state index contributed by atoms with van der Waals surface area (Å²) in [7, 11) is 0. The smallest absolute Gasteiger partial charge is 0.383 e. The maximum atomic E-state index is 11.9. The Morgan fingerprint density at radius 2 is 2.14 bits per heavy atom. The van der Waals surface area contributed by atoms with Crippen LogP contribution in [0.3, 0.4) is 0 Å². The van der Waals surface area contributed by atoms with E-state index in [4.69, 9.17) is 13.9 Å². The van der Waals surface area contributed by atoms with Crippen LogP contribution in [0.4, 0.5) is 0 Å². The van der Waals surface area contributed by atoms with Crippen molar-refractivity contribution >= 4 is 11.0 Å². The van der Waals surface area contributed by atoms with Gasteiger partial charge in [0.1, 0.15) is 11.3 Å². The van der Waals surface area contributed by atoms with Crippen molar-refractivity contribution in [2.24, 2.45) is 0 Å². The molecule has 0 saturated carbocycles. The Morgan fingerprint density at radius 1 is 1.32 bits per heavy atom. The maximum absolute atomic E-state index is 11.9. The van der Waals surface area contributed by atoms with Crippen molar-refractivity contribution in [3.05, 3.63) is 41.0 Å². The Balaban J connectivity index is 2.30. The fraction of sp³-hybridized carbons (Fsp3) is 0.353. The zero-order valence-corrected chi connectivity index (χ0v) is 12.8. The van der Waals surface area contributed by atoms with Crippen LogP contribution in [0.1, 0.15) is 33.1 Å². The molecule has 0 unspecified atom stereocenters. The number of fused-ring (bicyclic) bond motifs is 1. The summed E-state index contributed by atoms with van der Waals surface area (Å²) in [5.41, 5.74) is -0.463. The third kappa shape index (κ3) is 3.61. The number of aromatic hydroxyl groups is 1. The van der Waals surface area contributed by atoms with E-state index in [1.54, 1.807) is 18.2 Å². The number of allylic oxidation sites excluding steroid dienone is 1. The van der Waals surface area contributed by atoms with Gasteiger partial charge in [0, 0.05) is 6.07 Å². The first kappa shape index (κ1) is 15.9. The average molecular weight is 304 g/mol. The minimum absolute atomic E-state index is 0.204. The van der Waals surface area contributed by atoms with Crippen molar-refractivity contribution in [1.29, 1.82) is 0 Å². The van der Waals surface area contributed by atoms with Crippen LogP contribution in [0.15, 0.2) is 39.7 Å². The van der Waals surface area contributed by atoms with E-state index >= 15 is 0 Å². The second-order valence-electron chi connectivity index (χ2n) is 4.79. The van der Waals surface area contributed by atoms with Gasteiger partial charge in [-0.2, -0.15) is 0 Å². The summed E-state index contributed by atoms with van der Waals surface area (Å²) in [5.74, 6) is 0.143. The van der Waals surface area contributed by atoms with Gasteiger partial charge in [-0.1, -0.05) is 13.3 Å². The van der Waals surface area contributed by atoms with E-state index in [0.717, 1.165) is 19.3 Å². The molecule has 0 fully saturated rings. The van der Waals surface area contributed by atoms with Gasteiger partial charge < -0.3 is 19.0 Å². The quantitative estimate of drug-likeness (QED) is 0.476. The van der Waals surface area contributed by atoms with Gasteiger partial charge in [-0.3, -0.25) is 0 Å². The minimum Gasteiger partial charge on any atom is -0.504 e. The third-order valence-electron chi connectivity index (χ3n) is 3.13. The molecule has 2 rings (SSSR count). The van der Waals surface area contributed by atoms with E-state index < -0.39 is 5.63 Å². The topological polar surface area (TPSA) is 68.9 Å². The van der Waals surface area contributed by atoms with Crippen molar-refractivity contribution in [3.8, 4) is 17.2 Å². The van der Waals surface area contributed by atoms with Crippen LogP contribution in [0.25, 0.3) is 11.0 Å². The lowest BCUT2D eigenvalue weighted by Gasteiger charge is -2.07. The van der Waals surface area contributed by atoms with Crippen molar-refractivity contribution in [2.75, 3.05) is 6.61 Å². The van der Waals surface area contributed by atoms with Crippen molar-refractivity contribution in [3.63, 3.8) is 0 Å². The molecule has 0 amide bonds. The van der Waals surface area contributed by atoms with Crippen molar-refractivity contribution in [2.45, 2.75) is 33.1 Å². The standard InChI is InChI=1S/C17H20O5/c1-3-5-6-7-10-21-16-15(18)13-9-8-12(20-4-2)11-14(13)22-17(16)19/h7-11,18H,3-6H2,1-2H3. The summed E-state index contributed by atoms with van der Waals surface area (Å²) in [5, 5.41) is 10.6. The SMILES string of the molecule is CCCCC=COc1c(O)c2ccc(OCC)cc2oc1=O. The monoisotopic (exact) mass is 304 g/mol. The molecule has 0 atom stereocenters. The number of benzene rings is 1. The van der Waals surface area contributed by atoms with E-state index in [1.165, 1.54) is 6.26 Å². The Labute approximate surface area is 128 Å². The fourth-order valence-electron chi connectivity index (χ4n) is 2.01. The molecule has 0 aliphatic carbocycles. The summed E-state index contributed by atoms with van der Waals surface area (Å²) < 4.78 is 15.8. The van der Waals surface area contributed by atoms with Crippen molar-refractivity contribution < 1.29 is 19.0 Å². The molecule has 118 valence electrons. The number of hydrogen-bond donors (Lipinski definition) is 1. The highest BCUT2D eigenvalue weighted by Gasteiger charge is 2.15. The summed E-state index contributed by atoms with van der Waals surface area (Å²) >= 11 is 0. The Bertz CT molecular complexity index is 715. The number of hydrogen-bond acceptors (Lipinski definition) is 5. The molecule has 2 aromatic rings. The highest BCUT2D eigenvalue weighted by molar-refractivity contribution is 5.86. The van der Waals surface area contributed by atoms with Crippen LogP contribution in [0.2, 0.25) is 0 Å².